The van der Waals surface area contributed by atoms with E-state index in [1.54, 1.807) is 15.0 Å². The first-order chi connectivity index (χ1) is 30.0. The van der Waals surface area contributed by atoms with Crippen LogP contribution in [0.5, 0.6) is 0 Å². The van der Waals surface area contributed by atoms with E-state index in [0.29, 0.717) is 32.3 Å². The quantitative estimate of drug-likeness (QED) is 0.0617. The molecule has 1 aromatic carbocycles. The van der Waals surface area contributed by atoms with Crippen LogP contribution in [0.3, 0.4) is 0 Å². The zero-order valence-electron chi connectivity index (χ0n) is 31.8. The van der Waals surface area contributed by atoms with Gasteiger partial charge in [-0.15, -0.1) is 0 Å². The fourth-order valence-corrected chi connectivity index (χ4v) is 7.10. The van der Waals surface area contributed by atoms with E-state index in [0.717, 1.165) is 18.2 Å². The molecule has 0 saturated carbocycles. The van der Waals surface area contributed by atoms with E-state index < -0.39 is 161 Å². The number of hydrogen-bond donors (Lipinski definition) is 6. The molecule has 7 rings (SSSR count). The van der Waals surface area contributed by atoms with Crippen molar-refractivity contribution in [2.45, 2.75) is 74.6 Å². The van der Waals surface area contributed by atoms with Gasteiger partial charge in [-0.25, -0.2) is 28.8 Å². The van der Waals surface area contributed by atoms with Crippen molar-refractivity contribution in [3.05, 3.63) is 133 Å². The van der Waals surface area contributed by atoms with Crippen molar-refractivity contribution < 1.29 is 71.3 Å². The van der Waals surface area contributed by atoms with Crippen molar-refractivity contribution in [1.82, 2.24) is 28.7 Å². The first-order valence-electron chi connectivity index (χ1n) is 18.6. The Bertz CT molecular complexity index is 2510. The van der Waals surface area contributed by atoms with Crippen LogP contribution in [-0.4, -0.2) is 118 Å². The van der Waals surface area contributed by atoms with Crippen molar-refractivity contribution in [2.75, 3.05) is 19.8 Å². The second kappa shape index (κ2) is 17.9. The minimum atomic E-state index is -1.38. The molecule has 9 atom stereocenters. The highest BCUT2D eigenvalue weighted by atomic mass is 19.1. The number of aromatic nitrogens is 6. The molecule has 27 heteroatoms. The van der Waals surface area contributed by atoms with Gasteiger partial charge in [-0.05, 0) is 18.2 Å². The molecule has 6 N–H and O–H groups in total. The van der Waals surface area contributed by atoms with E-state index in [1.807, 2.05) is 0 Å². The number of aliphatic hydroxyl groups is 3. The van der Waals surface area contributed by atoms with E-state index in [1.165, 1.54) is 0 Å². The average molecular weight is 895 g/mol. The van der Waals surface area contributed by atoms with Gasteiger partial charge in [-0.1, -0.05) is 0 Å². The lowest BCUT2D eigenvalue weighted by molar-refractivity contribution is -0.0527. The monoisotopic (exact) mass is 894 g/mol. The zero-order valence-corrected chi connectivity index (χ0v) is 31.8. The molecule has 3 aliphatic heterocycles. The maximum Gasteiger partial charge on any atom is 0.338 e. The number of aromatic amines is 3. The Morgan fingerprint density at radius 3 is 1.02 bits per heavy atom. The fraction of sp³-hybridized carbons (Fsp3) is 0.417. The van der Waals surface area contributed by atoms with Gasteiger partial charge in [0.2, 0.25) is 17.5 Å². The second-order valence-corrected chi connectivity index (χ2v) is 14.2. The highest BCUT2D eigenvalue weighted by molar-refractivity contribution is 6.00. The summed E-state index contributed by atoms with van der Waals surface area (Å²) in [5, 5.41) is 30.0. The summed E-state index contributed by atoms with van der Waals surface area (Å²) in [6.45, 7) is -2.41. The maximum absolute atomic E-state index is 14.1. The lowest BCUT2D eigenvalue weighted by atomic mass is 10.0. The largest absolute Gasteiger partial charge is 0.456 e. The van der Waals surface area contributed by atoms with Gasteiger partial charge in [0.15, 0.2) is 0 Å². The highest BCUT2D eigenvalue weighted by Gasteiger charge is 2.43. The molecule has 3 aliphatic rings. The van der Waals surface area contributed by atoms with Crippen LogP contribution < -0.4 is 33.7 Å². The molecule has 24 nitrogen and oxygen atoms in total. The molecule has 0 amide bonds. The minimum Gasteiger partial charge on any atom is -0.456 e. The van der Waals surface area contributed by atoms with Crippen LogP contribution in [0.25, 0.3) is 0 Å². The average Bonchev–Trinajstić information content (AvgIpc) is 3.98. The summed E-state index contributed by atoms with van der Waals surface area (Å²) >= 11 is 0. The smallest absolute Gasteiger partial charge is 0.338 e. The third-order valence-electron chi connectivity index (χ3n) is 10.2. The van der Waals surface area contributed by atoms with Crippen molar-refractivity contribution in [2.24, 2.45) is 0 Å². The number of nitrogens with zero attached hydrogens (tertiary/aromatic N) is 3. The van der Waals surface area contributed by atoms with Gasteiger partial charge in [0.05, 0.1) is 55.1 Å². The number of ether oxygens (including phenoxy) is 6. The number of rotatable bonds is 12. The van der Waals surface area contributed by atoms with E-state index in [9.17, 15) is 71.6 Å². The molecular weight excluding hydrogens is 861 g/mol. The molecule has 0 aliphatic carbocycles. The number of benzene rings is 1. The second-order valence-electron chi connectivity index (χ2n) is 14.2. The molecule has 3 fully saturated rings. The molecule has 0 unspecified atom stereocenters. The third kappa shape index (κ3) is 9.08. The van der Waals surface area contributed by atoms with E-state index in [2.05, 4.69) is 0 Å². The highest BCUT2D eigenvalue weighted by Crippen LogP contribution is 2.34. The lowest BCUT2D eigenvalue weighted by Gasteiger charge is -2.19. The van der Waals surface area contributed by atoms with Crippen molar-refractivity contribution in [3.8, 4) is 0 Å². The van der Waals surface area contributed by atoms with Crippen LogP contribution in [0, 0.1) is 17.5 Å². The number of carbonyl (C=O) groups is 3. The Kier molecular flexibility index (Phi) is 12.6. The Hall–Kier alpha value is -6.78. The Labute approximate surface area is 345 Å². The number of nitrogens with one attached hydrogen (secondary N) is 3. The number of carbonyl (C=O) groups excluding carboxylic acids is 3. The molecule has 6 heterocycles. The molecule has 0 bridgehead atoms. The van der Waals surface area contributed by atoms with Crippen LogP contribution in [-0.2, 0) is 28.4 Å². The molecule has 3 saturated heterocycles. The molecule has 336 valence electrons. The van der Waals surface area contributed by atoms with Gasteiger partial charge >= 0.3 is 35.0 Å². The first kappa shape index (κ1) is 44.3. The number of aliphatic hydroxyl groups excluding tert-OH is 3. The van der Waals surface area contributed by atoms with E-state index >= 15 is 0 Å². The predicted octanol–water partition coefficient (Wildman–Crippen LogP) is -2.83. The maximum atomic E-state index is 14.1. The summed E-state index contributed by atoms with van der Waals surface area (Å²) in [6.07, 6.45) is -11.8. The number of halogens is 3. The predicted molar refractivity (Wildman–Crippen MR) is 195 cm³/mol. The normalized spacial score (nSPS) is 25.5. The molecular formula is C36H33F3N6O18. The Morgan fingerprint density at radius 2 is 0.778 bits per heavy atom. The molecule has 4 aromatic rings. The fourth-order valence-electron chi connectivity index (χ4n) is 7.10. The van der Waals surface area contributed by atoms with E-state index in [-0.39, 0.29) is 19.3 Å². The van der Waals surface area contributed by atoms with Gasteiger partial charge in [0.1, 0.15) is 55.3 Å². The SMILES string of the molecule is O=C(O[C@H]1C[C@H](n2cc(F)c(=O)[nH]c2=O)O[C@@H]1CO)c1cc(C(=O)O[C@H]2C[C@H](n3cc(F)c(=O)[nH]c3=O)O[C@@H]2CO)cc(C(=O)O[C@H]2C[C@H](n3cc(F)c(=O)[nH]c3=O)O[C@@H]2CO)c1. The zero-order chi connectivity index (χ0) is 45.4. The van der Waals surface area contributed by atoms with E-state index in [4.69, 9.17) is 28.4 Å². The summed E-state index contributed by atoms with van der Waals surface area (Å²) < 4.78 is 77.5. The summed E-state index contributed by atoms with van der Waals surface area (Å²) in [5.74, 6) is -7.89. The van der Waals surface area contributed by atoms with Crippen molar-refractivity contribution in [1.29, 1.82) is 0 Å². The third-order valence-corrected chi connectivity index (χ3v) is 10.2. The van der Waals surface area contributed by atoms with Crippen LogP contribution >= 0.6 is 0 Å². The minimum absolute atomic E-state index is 0.389. The van der Waals surface area contributed by atoms with Gasteiger partial charge in [-0.3, -0.25) is 43.0 Å². The molecule has 0 radical (unpaired) electrons. The van der Waals surface area contributed by atoms with Crippen molar-refractivity contribution in [3.63, 3.8) is 0 Å². The summed E-state index contributed by atoms with van der Waals surface area (Å²) in [4.78, 5) is 118. The lowest BCUT2D eigenvalue weighted by Crippen LogP contribution is -2.34. The molecule has 3 aromatic heterocycles. The van der Waals surface area contributed by atoms with Crippen molar-refractivity contribution >= 4 is 17.9 Å². The van der Waals surface area contributed by atoms with Gasteiger partial charge < -0.3 is 43.7 Å². The first-order valence-corrected chi connectivity index (χ1v) is 18.6. The van der Waals surface area contributed by atoms with Gasteiger partial charge in [-0.2, -0.15) is 13.2 Å². The standard InChI is InChI=1S/C36H33F3N6O18/c37-16-7-43(34(55)40-28(16)49)25-4-19(22(10-46)58-25)61-31(52)13-1-14(32(53)62-20-5-26(59-23(20)11-47)44-8-17(38)29(50)41-35(44)56)3-15(2-13)33(54)63-21-6-27(60-24(21)12-48)45-9-18(39)30(51)42-36(45)57/h1-3,7-9,19-27,46-48H,4-6,10-12H2,(H,40,49,55)(H,41,50,56)(H,42,51,57)/t19-,20-,21-,22+,23+,24+,25+,26+,27+/m0/s1. The summed E-state index contributed by atoms with van der Waals surface area (Å²) in [6, 6.07) is 2.70. The molecule has 0 spiro atoms. The van der Waals surface area contributed by atoms with Crippen LogP contribution in [0.15, 0.2) is 65.6 Å². The Balaban J connectivity index is 1.16. The van der Waals surface area contributed by atoms with Crippen LogP contribution in [0.4, 0.5) is 13.2 Å². The van der Waals surface area contributed by atoms with Gasteiger partial charge in [0, 0.05) is 19.3 Å². The van der Waals surface area contributed by atoms with Crippen LogP contribution in [0.1, 0.15) is 69.0 Å². The van der Waals surface area contributed by atoms with Crippen LogP contribution in [0.2, 0.25) is 0 Å². The van der Waals surface area contributed by atoms with Gasteiger partial charge in [0.25, 0.3) is 16.7 Å². The number of H-pyrrole nitrogens is 3. The Morgan fingerprint density at radius 1 is 0.524 bits per heavy atom. The number of hydrogen-bond acceptors (Lipinski definition) is 18. The molecule has 63 heavy (non-hydrogen) atoms. The topological polar surface area (TPSA) is 332 Å². The number of esters is 3. The summed E-state index contributed by atoms with van der Waals surface area (Å²) in [7, 11) is 0. The summed E-state index contributed by atoms with van der Waals surface area (Å²) in [5.41, 5.74) is -8.87.